The van der Waals surface area contributed by atoms with Crippen LogP contribution in [0.4, 0.5) is 0 Å². The highest BCUT2D eigenvalue weighted by atomic mass is 16.2. The molecule has 0 bridgehead atoms. The number of carbonyl (C=O) groups excluding carboxylic acids is 2. The SMILES string of the molecule is CC(C)(NC(=O)C1=CCC1)C(N)=O. The highest BCUT2D eigenvalue weighted by Gasteiger charge is 2.28. The molecule has 1 aliphatic rings. The van der Waals surface area contributed by atoms with Gasteiger partial charge in [-0.05, 0) is 26.7 Å². The van der Waals surface area contributed by atoms with Crippen LogP contribution in [0.1, 0.15) is 26.7 Å². The Hall–Kier alpha value is -1.32. The van der Waals surface area contributed by atoms with Crippen molar-refractivity contribution in [1.29, 1.82) is 0 Å². The molecule has 0 atom stereocenters. The van der Waals surface area contributed by atoms with E-state index in [1.54, 1.807) is 13.8 Å². The lowest BCUT2D eigenvalue weighted by atomic mass is 9.96. The van der Waals surface area contributed by atoms with Crippen LogP contribution in [-0.4, -0.2) is 17.4 Å². The third-order valence-electron chi connectivity index (χ3n) is 2.14. The number of nitrogens with one attached hydrogen (secondary N) is 1. The van der Waals surface area contributed by atoms with E-state index in [9.17, 15) is 9.59 Å². The molecule has 1 rings (SSSR count). The van der Waals surface area contributed by atoms with Crippen LogP contribution in [-0.2, 0) is 9.59 Å². The van der Waals surface area contributed by atoms with Crippen molar-refractivity contribution in [3.8, 4) is 0 Å². The van der Waals surface area contributed by atoms with Gasteiger partial charge in [-0.15, -0.1) is 0 Å². The Morgan fingerprint density at radius 3 is 2.38 bits per heavy atom. The molecule has 72 valence electrons. The largest absolute Gasteiger partial charge is 0.368 e. The second kappa shape index (κ2) is 3.20. The molecule has 0 fully saturated rings. The smallest absolute Gasteiger partial charge is 0.247 e. The first kappa shape index (κ1) is 9.77. The molecule has 1 aliphatic carbocycles. The number of carbonyl (C=O) groups is 2. The van der Waals surface area contributed by atoms with Crippen LogP contribution in [0.15, 0.2) is 11.6 Å². The number of hydrogen-bond donors (Lipinski definition) is 2. The summed E-state index contributed by atoms with van der Waals surface area (Å²) in [5, 5.41) is 2.58. The van der Waals surface area contributed by atoms with Crippen LogP contribution < -0.4 is 11.1 Å². The van der Waals surface area contributed by atoms with Gasteiger partial charge in [0.15, 0.2) is 0 Å². The Bertz CT molecular complexity index is 279. The summed E-state index contributed by atoms with van der Waals surface area (Å²) >= 11 is 0. The van der Waals surface area contributed by atoms with Gasteiger partial charge in [0, 0.05) is 5.57 Å². The molecule has 4 heteroatoms. The normalized spacial score (nSPS) is 15.7. The molecular formula is C9H14N2O2. The Balaban J connectivity index is 2.57. The van der Waals surface area contributed by atoms with E-state index in [2.05, 4.69) is 5.32 Å². The van der Waals surface area contributed by atoms with Crippen molar-refractivity contribution in [3.63, 3.8) is 0 Å². The Kier molecular flexibility index (Phi) is 2.40. The molecular weight excluding hydrogens is 168 g/mol. The average Bonchev–Trinajstić information content (AvgIpc) is 1.80. The van der Waals surface area contributed by atoms with E-state index in [0.717, 1.165) is 18.4 Å². The maximum atomic E-state index is 11.4. The minimum absolute atomic E-state index is 0.185. The van der Waals surface area contributed by atoms with E-state index >= 15 is 0 Å². The fraction of sp³-hybridized carbons (Fsp3) is 0.556. The Morgan fingerprint density at radius 2 is 2.08 bits per heavy atom. The molecule has 0 radical (unpaired) electrons. The zero-order valence-electron chi connectivity index (χ0n) is 7.89. The molecule has 0 aromatic heterocycles. The molecule has 0 aromatic carbocycles. The number of amides is 2. The lowest BCUT2D eigenvalue weighted by Crippen LogP contribution is -2.53. The maximum Gasteiger partial charge on any atom is 0.247 e. The molecule has 0 spiro atoms. The quantitative estimate of drug-likeness (QED) is 0.649. The molecule has 0 saturated heterocycles. The summed E-state index contributed by atoms with van der Waals surface area (Å²) in [6, 6.07) is 0. The van der Waals surface area contributed by atoms with Gasteiger partial charge in [-0.25, -0.2) is 0 Å². The predicted molar refractivity (Wildman–Crippen MR) is 48.7 cm³/mol. The summed E-state index contributed by atoms with van der Waals surface area (Å²) in [5.41, 5.74) is 4.88. The highest BCUT2D eigenvalue weighted by Crippen LogP contribution is 2.18. The van der Waals surface area contributed by atoms with Gasteiger partial charge < -0.3 is 11.1 Å². The number of primary amides is 1. The van der Waals surface area contributed by atoms with Crippen LogP contribution in [0.25, 0.3) is 0 Å². The lowest BCUT2D eigenvalue weighted by molar-refractivity contribution is -0.128. The summed E-state index contributed by atoms with van der Waals surface area (Å²) in [4.78, 5) is 22.2. The molecule has 0 aromatic rings. The van der Waals surface area contributed by atoms with Gasteiger partial charge in [0.05, 0.1) is 0 Å². The standard InChI is InChI=1S/C9H14N2O2/c1-9(2,8(10)13)11-7(12)6-4-3-5-6/h4H,3,5H2,1-2H3,(H2,10,13)(H,11,12). The maximum absolute atomic E-state index is 11.4. The molecule has 0 aliphatic heterocycles. The first-order valence-corrected chi connectivity index (χ1v) is 4.25. The summed E-state index contributed by atoms with van der Waals surface area (Å²) in [7, 11) is 0. The van der Waals surface area contributed by atoms with E-state index in [1.807, 2.05) is 6.08 Å². The highest BCUT2D eigenvalue weighted by molar-refractivity contribution is 5.98. The Labute approximate surface area is 77.2 Å². The monoisotopic (exact) mass is 182 g/mol. The topological polar surface area (TPSA) is 72.2 Å². The molecule has 0 unspecified atom stereocenters. The third-order valence-corrected chi connectivity index (χ3v) is 2.14. The van der Waals surface area contributed by atoms with Crippen LogP contribution in [0.2, 0.25) is 0 Å². The van der Waals surface area contributed by atoms with Gasteiger partial charge in [0.2, 0.25) is 11.8 Å². The summed E-state index contributed by atoms with van der Waals surface area (Å²) in [5.74, 6) is -0.712. The van der Waals surface area contributed by atoms with Crippen molar-refractivity contribution < 1.29 is 9.59 Å². The minimum Gasteiger partial charge on any atom is -0.368 e. The second-order valence-corrected chi connectivity index (χ2v) is 3.71. The molecule has 3 N–H and O–H groups in total. The van der Waals surface area contributed by atoms with Crippen molar-refractivity contribution in [2.45, 2.75) is 32.2 Å². The lowest BCUT2D eigenvalue weighted by Gasteiger charge is -2.24. The molecule has 0 saturated carbocycles. The minimum atomic E-state index is -0.965. The zero-order valence-corrected chi connectivity index (χ0v) is 7.89. The zero-order chi connectivity index (χ0) is 10.1. The van der Waals surface area contributed by atoms with Gasteiger partial charge >= 0.3 is 0 Å². The van der Waals surface area contributed by atoms with Crippen molar-refractivity contribution in [2.75, 3.05) is 0 Å². The number of rotatable bonds is 3. The average molecular weight is 182 g/mol. The Morgan fingerprint density at radius 1 is 1.54 bits per heavy atom. The third kappa shape index (κ3) is 2.08. The van der Waals surface area contributed by atoms with Gasteiger partial charge in [-0.3, -0.25) is 9.59 Å². The van der Waals surface area contributed by atoms with Gasteiger partial charge in [-0.1, -0.05) is 6.08 Å². The number of allylic oxidation sites excluding steroid dienone is 1. The van der Waals surface area contributed by atoms with E-state index in [-0.39, 0.29) is 5.91 Å². The van der Waals surface area contributed by atoms with E-state index in [1.165, 1.54) is 0 Å². The van der Waals surface area contributed by atoms with Gasteiger partial charge in [0.1, 0.15) is 5.54 Å². The van der Waals surface area contributed by atoms with Crippen molar-refractivity contribution in [2.24, 2.45) is 5.73 Å². The first-order valence-electron chi connectivity index (χ1n) is 4.25. The second-order valence-electron chi connectivity index (χ2n) is 3.71. The number of hydrogen-bond acceptors (Lipinski definition) is 2. The molecule has 13 heavy (non-hydrogen) atoms. The van der Waals surface area contributed by atoms with Crippen LogP contribution >= 0.6 is 0 Å². The van der Waals surface area contributed by atoms with Crippen LogP contribution in [0, 0.1) is 0 Å². The summed E-state index contributed by atoms with van der Waals surface area (Å²) in [6.45, 7) is 3.18. The predicted octanol–water partition coefficient (Wildman–Crippen LogP) is 0.0867. The van der Waals surface area contributed by atoms with E-state index in [0.29, 0.717) is 0 Å². The molecule has 0 heterocycles. The fourth-order valence-corrected chi connectivity index (χ4v) is 0.921. The first-order chi connectivity index (χ1) is 5.93. The van der Waals surface area contributed by atoms with E-state index in [4.69, 9.17) is 5.73 Å². The molecule has 4 nitrogen and oxygen atoms in total. The van der Waals surface area contributed by atoms with Crippen LogP contribution in [0.3, 0.4) is 0 Å². The van der Waals surface area contributed by atoms with Gasteiger partial charge in [-0.2, -0.15) is 0 Å². The molecule has 2 amide bonds. The van der Waals surface area contributed by atoms with Crippen molar-refractivity contribution in [1.82, 2.24) is 5.32 Å². The fourth-order valence-electron chi connectivity index (χ4n) is 0.921. The van der Waals surface area contributed by atoms with Crippen LogP contribution in [0.5, 0.6) is 0 Å². The van der Waals surface area contributed by atoms with E-state index < -0.39 is 11.4 Å². The van der Waals surface area contributed by atoms with Crippen molar-refractivity contribution >= 4 is 11.8 Å². The van der Waals surface area contributed by atoms with Crippen molar-refractivity contribution in [3.05, 3.63) is 11.6 Å². The summed E-state index contributed by atoms with van der Waals surface area (Å²) < 4.78 is 0. The number of nitrogens with two attached hydrogens (primary N) is 1. The van der Waals surface area contributed by atoms with Gasteiger partial charge in [0.25, 0.3) is 0 Å². The summed E-state index contributed by atoms with van der Waals surface area (Å²) in [6.07, 6.45) is 3.59.